The van der Waals surface area contributed by atoms with E-state index in [0.29, 0.717) is 24.0 Å². The van der Waals surface area contributed by atoms with Gasteiger partial charge in [0.05, 0.1) is 31.2 Å². The van der Waals surface area contributed by atoms with Crippen LogP contribution in [0.15, 0.2) is 48.5 Å². The maximum Gasteiger partial charge on any atom is 0.291 e. The highest BCUT2D eigenvalue weighted by atomic mass is 16.5. The Bertz CT molecular complexity index is 1230. The molecule has 1 aromatic heterocycles. The molecule has 1 atom stereocenters. The first-order valence-electron chi connectivity index (χ1n) is 12.1. The largest absolute Gasteiger partial charge is 0.496 e. The molecular weight excluding hydrogens is 428 g/mol. The number of methoxy groups -OCH3 is 1. The van der Waals surface area contributed by atoms with Crippen LogP contribution in [0.25, 0.3) is 11.0 Å². The second-order valence-electron chi connectivity index (χ2n) is 9.92. The molecule has 1 N–H and O–H groups in total. The summed E-state index contributed by atoms with van der Waals surface area (Å²) in [5.74, 6) is 1.40. The number of para-hydroxylation sites is 3. The van der Waals surface area contributed by atoms with Crippen LogP contribution in [0.3, 0.4) is 0 Å². The summed E-state index contributed by atoms with van der Waals surface area (Å²) in [5, 5.41) is 3.29. The molecule has 0 radical (unpaired) electrons. The highest BCUT2D eigenvalue weighted by Gasteiger charge is 2.49. The van der Waals surface area contributed by atoms with Crippen LogP contribution in [0, 0.1) is 5.92 Å². The average molecular weight is 461 g/mol. The lowest BCUT2D eigenvalue weighted by Crippen LogP contribution is -2.64. The first-order chi connectivity index (χ1) is 16.4. The molecule has 1 saturated carbocycles. The van der Waals surface area contributed by atoms with Crippen LogP contribution < -0.4 is 10.1 Å². The van der Waals surface area contributed by atoms with Gasteiger partial charge in [-0.1, -0.05) is 37.3 Å². The zero-order chi connectivity index (χ0) is 23.9. The molecule has 0 saturated heterocycles. The number of carbonyl (C=O) groups excluding carboxylic acids is 2. The van der Waals surface area contributed by atoms with Crippen molar-refractivity contribution in [1.82, 2.24) is 19.8 Å². The van der Waals surface area contributed by atoms with Gasteiger partial charge in [-0.25, -0.2) is 4.98 Å². The smallest absolute Gasteiger partial charge is 0.291 e. The number of benzene rings is 2. The van der Waals surface area contributed by atoms with E-state index in [1.54, 1.807) is 12.0 Å². The topological polar surface area (TPSA) is 76.5 Å². The van der Waals surface area contributed by atoms with Gasteiger partial charge in [0, 0.05) is 11.6 Å². The third kappa shape index (κ3) is 3.83. The molecule has 2 aliphatic rings. The molecule has 178 valence electrons. The molecule has 1 aliphatic heterocycles. The number of carbonyl (C=O) groups is 2. The molecule has 2 amide bonds. The Morgan fingerprint density at radius 1 is 1.12 bits per heavy atom. The molecule has 2 heterocycles. The Labute approximate surface area is 200 Å². The van der Waals surface area contributed by atoms with E-state index in [-0.39, 0.29) is 24.4 Å². The van der Waals surface area contributed by atoms with Gasteiger partial charge in [-0.15, -0.1) is 0 Å². The standard InChI is InChI=1S/C27H32N4O3/c1-18-12-14-20(15-13-18)28-26(33)27(2)17-30-22-10-6-5-9-21(22)29-24(30)25(32)31(27)16-19-8-4-7-11-23(19)34-3/h4-11,18,20H,12-17H2,1-3H3,(H,28,33). The van der Waals surface area contributed by atoms with Crippen molar-refractivity contribution in [3.8, 4) is 5.75 Å². The normalized spacial score (nSPS) is 24.7. The van der Waals surface area contributed by atoms with Gasteiger partial charge >= 0.3 is 0 Å². The fourth-order valence-electron chi connectivity index (χ4n) is 5.33. The summed E-state index contributed by atoms with van der Waals surface area (Å²) in [6.45, 7) is 4.75. The number of imidazole rings is 1. The van der Waals surface area contributed by atoms with Crippen molar-refractivity contribution in [1.29, 1.82) is 0 Å². The number of hydrogen-bond donors (Lipinski definition) is 1. The second kappa shape index (κ2) is 8.78. The van der Waals surface area contributed by atoms with Crippen molar-refractivity contribution in [2.75, 3.05) is 7.11 Å². The lowest BCUT2D eigenvalue weighted by atomic mass is 9.86. The van der Waals surface area contributed by atoms with Gasteiger partial charge in [0.2, 0.25) is 5.91 Å². The van der Waals surface area contributed by atoms with Crippen LogP contribution in [-0.4, -0.2) is 45.0 Å². The van der Waals surface area contributed by atoms with E-state index in [1.165, 1.54) is 0 Å². The highest BCUT2D eigenvalue weighted by Crippen LogP contribution is 2.34. The van der Waals surface area contributed by atoms with Crippen LogP contribution in [0.4, 0.5) is 0 Å². The van der Waals surface area contributed by atoms with Crippen molar-refractivity contribution in [3.63, 3.8) is 0 Å². The molecule has 3 aromatic rings. The molecular formula is C27H32N4O3. The van der Waals surface area contributed by atoms with Crippen LogP contribution >= 0.6 is 0 Å². The van der Waals surface area contributed by atoms with Crippen molar-refractivity contribution in [2.45, 2.75) is 64.2 Å². The van der Waals surface area contributed by atoms with Gasteiger partial charge in [-0.3, -0.25) is 9.59 Å². The first kappa shape index (κ1) is 22.4. The predicted octanol–water partition coefficient (Wildman–Crippen LogP) is 4.15. The Morgan fingerprint density at radius 2 is 1.82 bits per heavy atom. The van der Waals surface area contributed by atoms with Gasteiger partial charge < -0.3 is 19.5 Å². The number of fused-ring (bicyclic) bond motifs is 3. The zero-order valence-electron chi connectivity index (χ0n) is 20.1. The number of amides is 2. The van der Waals surface area contributed by atoms with Gasteiger partial charge in [0.25, 0.3) is 5.91 Å². The predicted molar refractivity (Wildman–Crippen MR) is 131 cm³/mol. The van der Waals surface area contributed by atoms with E-state index in [2.05, 4.69) is 17.2 Å². The van der Waals surface area contributed by atoms with Crippen LogP contribution in [0.1, 0.15) is 55.7 Å². The first-order valence-corrected chi connectivity index (χ1v) is 12.1. The summed E-state index contributed by atoms with van der Waals surface area (Å²) in [6.07, 6.45) is 4.18. The number of rotatable bonds is 5. The van der Waals surface area contributed by atoms with Crippen molar-refractivity contribution >= 4 is 22.8 Å². The molecule has 7 heteroatoms. The molecule has 1 aliphatic carbocycles. The second-order valence-corrected chi connectivity index (χ2v) is 9.92. The monoisotopic (exact) mass is 460 g/mol. The van der Waals surface area contributed by atoms with E-state index in [0.717, 1.165) is 42.3 Å². The van der Waals surface area contributed by atoms with Gasteiger partial charge in [-0.2, -0.15) is 0 Å². The fraction of sp³-hybridized carbons (Fsp3) is 0.444. The number of nitrogens with one attached hydrogen (secondary N) is 1. The van der Waals surface area contributed by atoms with Gasteiger partial charge in [0.1, 0.15) is 11.3 Å². The molecule has 0 bridgehead atoms. The zero-order valence-corrected chi connectivity index (χ0v) is 20.1. The Hall–Kier alpha value is -3.35. The molecule has 1 fully saturated rings. The van der Waals surface area contributed by atoms with E-state index < -0.39 is 5.54 Å². The molecule has 2 aromatic carbocycles. The minimum Gasteiger partial charge on any atom is -0.496 e. The highest BCUT2D eigenvalue weighted by molar-refractivity contribution is 6.01. The molecule has 0 spiro atoms. The molecule has 34 heavy (non-hydrogen) atoms. The quantitative estimate of drug-likeness (QED) is 0.621. The van der Waals surface area contributed by atoms with Gasteiger partial charge in [0.15, 0.2) is 5.82 Å². The van der Waals surface area contributed by atoms with Gasteiger partial charge in [-0.05, 0) is 56.7 Å². The number of nitrogens with zero attached hydrogens (tertiary/aromatic N) is 3. The van der Waals surface area contributed by atoms with E-state index in [4.69, 9.17) is 4.74 Å². The summed E-state index contributed by atoms with van der Waals surface area (Å²) in [7, 11) is 1.62. The van der Waals surface area contributed by atoms with Crippen LogP contribution in [-0.2, 0) is 17.9 Å². The van der Waals surface area contributed by atoms with Crippen LogP contribution in [0.5, 0.6) is 5.75 Å². The number of hydrogen-bond acceptors (Lipinski definition) is 4. The third-order valence-electron chi connectivity index (χ3n) is 7.51. The lowest BCUT2D eigenvalue weighted by Gasteiger charge is -2.44. The minimum absolute atomic E-state index is 0.112. The molecule has 7 nitrogen and oxygen atoms in total. The summed E-state index contributed by atoms with van der Waals surface area (Å²) in [5.41, 5.74) is 1.41. The van der Waals surface area contributed by atoms with Crippen LogP contribution in [0.2, 0.25) is 0 Å². The Morgan fingerprint density at radius 3 is 2.59 bits per heavy atom. The Kier molecular flexibility index (Phi) is 5.80. The summed E-state index contributed by atoms with van der Waals surface area (Å²) >= 11 is 0. The molecule has 5 rings (SSSR count). The summed E-state index contributed by atoms with van der Waals surface area (Å²) in [4.78, 5) is 34.0. The summed E-state index contributed by atoms with van der Waals surface area (Å²) in [6, 6.07) is 15.5. The van der Waals surface area contributed by atoms with Crippen molar-refractivity contribution < 1.29 is 14.3 Å². The maximum absolute atomic E-state index is 13.9. The average Bonchev–Trinajstić information content (AvgIpc) is 3.22. The van der Waals surface area contributed by atoms with E-state index >= 15 is 0 Å². The summed E-state index contributed by atoms with van der Waals surface area (Å²) < 4.78 is 7.44. The SMILES string of the molecule is COc1ccccc1CN1C(=O)c2nc3ccccc3n2CC1(C)C(=O)NC1CCC(C)CC1. The Balaban J connectivity index is 1.54. The fourth-order valence-corrected chi connectivity index (χ4v) is 5.33. The number of ether oxygens (including phenoxy) is 1. The lowest BCUT2D eigenvalue weighted by molar-refractivity contribution is -0.134. The minimum atomic E-state index is -1.07. The maximum atomic E-state index is 13.9. The third-order valence-corrected chi connectivity index (χ3v) is 7.51. The number of aromatic nitrogens is 2. The van der Waals surface area contributed by atoms with Crippen molar-refractivity contribution in [3.05, 3.63) is 59.9 Å². The van der Waals surface area contributed by atoms with E-state index in [9.17, 15) is 9.59 Å². The van der Waals surface area contributed by atoms with Crippen molar-refractivity contribution in [2.24, 2.45) is 5.92 Å². The van der Waals surface area contributed by atoms with E-state index in [1.807, 2.05) is 60.0 Å². The molecule has 1 unspecified atom stereocenters.